The Hall–Kier alpha value is -2.25. The van der Waals surface area contributed by atoms with E-state index in [1.165, 1.54) is 5.56 Å². The fourth-order valence-electron chi connectivity index (χ4n) is 2.08. The summed E-state index contributed by atoms with van der Waals surface area (Å²) < 4.78 is 2.11. The zero-order valence-electron chi connectivity index (χ0n) is 11.1. The summed E-state index contributed by atoms with van der Waals surface area (Å²) in [4.78, 5) is 4.63. The molecule has 0 aliphatic heterocycles. The van der Waals surface area contributed by atoms with Crippen LogP contribution in [0, 0.1) is 11.3 Å². The second-order valence-electron chi connectivity index (χ2n) is 4.54. The standard InChI is InChI=1S/C16H13N3S/c1-19-15-5-3-2-4-14(15)18-16(19)20-11-13-8-6-12(10-17)7-9-13/h2-9H,11H2,1H3. The Morgan fingerprint density at radius 2 is 1.90 bits per heavy atom. The fraction of sp³-hybridized carbons (Fsp3) is 0.125. The van der Waals surface area contributed by atoms with Crippen LogP contribution < -0.4 is 0 Å². The van der Waals surface area contributed by atoms with Crippen LogP contribution in [0.25, 0.3) is 11.0 Å². The maximum Gasteiger partial charge on any atom is 0.169 e. The lowest BCUT2D eigenvalue weighted by atomic mass is 10.2. The number of aromatic nitrogens is 2. The Morgan fingerprint density at radius 1 is 1.15 bits per heavy atom. The first-order valence-corrected chi connectivity index (χ1v) is 7.30. The Kier molecular flexibility index (Phi) is 3.44. The molecule has 0 aliphatic carbocycles. The van der Waals surface area contributed by atoms with Crippen molar-refractivity contribution in [3.05, 3.63) is 59.7 Å². The molecule has 3 nitrogen and oxygen atoms in total. The molecular weight excluding hydrogens is 266 g/mol. The predicted molar refractivity (Wildman–Crippen MR) is 81.4 cm³/mol. The third-order valence-electron chi connectivity index (χ3n) is 3.20. The lowest BCUT2D eigenvalue weighted by Gasteiger charge is -2.02. The summed E-state index contributed by atoms with van der Waals surface area (Å²) in [5, 5.41) is 9.79. The van der Waals surface area contributed by atoms with Crippen molar-refractivity contribution in [2.45, 2.75) is 10.9 Å². The van der Waals surface area contributed by atoms with Crippen LogP contribution in [0.2, 0.25) is 0 Å². The van der Waals surface area contributed by atoms with Crippen molar-refractivity contribution in [2.75, 3.05) is 0 Å². The van der Waals surface area contributed by atoms with Gasteiger partial charge in [-0.05, 0) is 29.8 Å². The van der Waals surface area contributed by atoms with Crippen LogP contribution in [0.5, 0.6) is 0 Å². The van der Waals surface area contributed by atoms with Gasteiger partial charge in [-0.2, -0.15) is 5.26 Å². The smallest absolute Gasteiger partial charge is 0.169 e. The number of aryl methyl sites for hydroxylation is 1. The molecule has 4 heteroatoms. The quantitative estimate of drug-likeness (QED) is 0.686. The number of rotatable bonds is 3. The normalized spacial score (nSPS) is 10.6. The third kappa shape index (κ3) is 2.40. The van der Waals surface area contributed by atoms with E-state index in [2.05, 4.69) is 21.7 Å². The number of nitrogens with zero attached hydrogens (tertiary/aromatic N) is 3. The third-order valence-corrected chi connectivity index (χ3v) is 4.30. The molecule has 0 spiro atoms. The van der Waals surface area contributed by atoms with E-state index in [0.29, 0.717) is 5.56 Å². The van der Waals surface area contributed by atoms with Crippen LogP contribution in [0.15, 0.2) is 53.7 Å². The van der Waals surface area contributed by atoms with Crippen LogP contribution in [-0.4, -0.2) is 9.55 Å². The molecule has 1 heterocycles. The molecule has 3 rings (SSSR count). The molecule has 0 atom stereocenters. The summed E-state index contributed by atoms with van der Waals surface area (Å²) in [6.45, 7) is 0. The summed E-state index contributed by atoms with van der Waals surface area (Å²) in [5.74, 6) is 0.850. The van der Waals surface area contributed by atoms with E-state index in [0.717, 1.165) is 21.9 Å². The molecule has 2 aromatic carbocycles. The van der Waals surface area contributed by atoms with Crippen molar-refractivity contribution in [3.63, 3.8) is 0 Å². The maximum absolute atomic E-state index is 8.78. The summed E-state index contributed by atoms with van der Waals surface area (Å²) in [6.07, 6.45) is 0. The maximum atomic E-state index is 8.78. The van der Waals surface area contributed by atoms with E-state index in [-0.39, 0.29) is 0 Å². The zero-order chi connectivity index (χ0) is 13.9. The van der Waals surface area contributed by atoms with E-state index < -0.39 is 0 Å². The van der Waals surface area contributed by atoms with Gasteiger partial charge in [0.25, 0.3) is 0 Å². The number of nitriles is 1. The first-order valence-electron chi connectivity index (χ1n) is 6.31. The topological polar surface area (TPSA) is 41.6 Å². The zero-order valence-corrected chi connectivity index (χ0v) is 11.9. The summed E-state index contributed by atoms with van der Waals surface area (Å²) >= 11 is 1.71. The van der Waals surface area contributed by atoms with E-state index >= 15 is 0 Å². The van der Waals surface area contributed by atoms with Crippen LogP contribution >= 0.6 is 11.8 Å². The highest BCUT2D eigenvalue weighted by Crippen LogP contribution is 2.25. The van der Waals surface area contributed by atoms with Gasteiger partial charge in [-0.3, -0.25) is 0 Å². The molecule has 20 heavy (non-hydrogen) atoms. The highest BCUT2D eigenvalue weighted by Gasteiger charge is 2.07. The fourth-order valence-corrected chi connectivity index (χ4v) is 3.02. The minimum atomic E-state index is 0.696. The van der Waals surface area contributed by atoms with Crippen LogP contribution in [0.3, 0.4) is 0 Å². The van der Waals surface area contributed by atoms with Crippen molar-refractivity contribution in [3.8, 4) is 6.07 Å². The molecule has 0 unspecified atom stereocenters. The highest BCUT2D eigenvalue weighted by atomic mass is 32.2. The molecule has 0 fully saturated rings. The van der Waals surface area contributed by atoms with Gasteiger partial charge in [0.1, 0.15) is 0 Å². The van der Waals surface area contributed by atoms with E-state index in [1.807, 2.05) is 49.5 Å². The second kappa shape index (κ2) is 5.40. The largest absolute Gasteiger partial charge is 0.322 e. The number of benzene rings is 2. The first-order chi connectivity index (χ1) is 9.78. The second-order valence-corrected chi connectivity index (χ2v) is 5.48. The molecule has 0 saturated heterocycles. The molecule has 0 bridgehead atoms. The summed E-state index contributed by atoms with van der Waals surface area (Å²) in [5.41, 5.74) is 4.06. The minimum Gasteiger partial charge on any atom is -0.322 e. The van der Waals surface area contributed by atoms with Crippen molar-refractivity contribution in [1.29, 1.82) is 5.26 Å². The summed E-state index contributed by atoms with van der Waals surface area (Å²) in [7, 11) is 2.04. The molecule has 0 N–H and O–H groups in total. The number of para-hydroxylation sites is 2. The molecule has 0 amide bonds. The molecule has 0 aliphatic rings. The number of imidazole rings is 1. The first kappa shape index (κ1) is 12.8. The van der Waals surface area contributed by atoms with Crippen molar-refractivity contribution >= 4 is 22.8 Å². The number of hydrogen-bond donors (Lipinski definition) is 0. The average Bonchev–Trinajstić information content (AvgIpc) is 2.83. The molecule has 98 valence electrons. The van der Waals surface area contributed by atoms with Gasteiger partial charge in [0.2, 0.25) is 0 Å². The van der Waals surface area contributed by atoms with Gasteiger partial charge in [0.15, 0.2) is 5.16 Å². The number of fused-ring (bicyclic) bond motifs is 1. The molecule has 0 radical (unpaired) electrons. The van der Waals surface area contributed by atoms with Gasteiger partial charge in [0.05, 0.1) is 22.7 Å². The number of hydrogen-bond acceptors (Lipinski definition) is 3. The minimum absolute atomic E-state index is 0.696. The van der Waals surface area contributed by atoms with E-state index in [1.54, 1.807) is 11.8 Å². The molecule has 0 saturated carbocycles. The van der Waals surface area contributed by atoms with Crippen molar-refractivity contribution in [2.24, 2.45) is 7.05 Å². The monoisotopic (exact) mass is 279 g/mol. The van der Waals surface area contributed by atoms with Crippen molar-refractivity contribution in [1.82, 2.24) is 9.55 Å². The van der Waals surface area contributed by atoms with Gasteiger partial charge in [0, 0.05) is 12.8 Å². The Balaban J connectivity index is 1.79. The predicted octanol–water partition coefficient (Wildman–Crippen LogP) is 3.74. The van der Waals surface area contributed by atoms with Crippen LogP contribution in [0.1, 0.15) is 11.1 Å². The van der Waals surface area contributed by atoms with Gasteiger partial charge >= 0.3 is 0 Å². The number of thioether (sulfide) groups is 1. The summed E-state index contributed by atoms with van der Waals surface area (Å²) in [6, 6.07) is 18.0. The van der Waals surface area contributed by atoms with Crippen LogP contribution in [-0.2, 0) is 12.8 Å². The van der Waals surface area contributed by atoms with Crippen LogP contribution in [0.4, 0.5) is 0 Å². The van der Waals surface area contributed by atoms with Gasteiger partial charge in [-0.25, -0.2) is 4.98 Å². The average molecular weight is 279 g/mol. The van der Waals surface area contributed by atoms with Gasteiger partial charge < -0.3 is 4.57 Å². The van der Waals surface area contributed by atoms with Gasteiger partial charge in [-0.15, -0.1) is 0 Å². The molecular formula is C16H13N3S. The SMILES string of the molecule is Cn1c(SCc2ccc(C#N)cc2)nc2ccccc21. The van der Waals surface area contributed by atoms with E-state index in [4.69, 9.17) is 5.26 Å². The Labute approximate surface area is 121 Å². The van der Waals surface area contributed by atoms with Gasteiger partial charge in [-0.1, -0.05) is 36.0 Å². The Bertz CT molecular complexity index is 782. The Morgan fingerprint density at radius 3 is 2.60 bits per heavy atom. The lowest BCUT2D eigenvalue weighted by Crippen LogP contribution is -1.91. The highest BCUT2D eigenvalue weighted by molar-refractivity contribution is 7.98. The lowest BCUT2D eigenvalue weighted by molar-refractivity contribution is 0.815. The molecule has 3 aromatic rings. The molecule has 1 aromatic heterocycles. The van der Waals surface area contributed by atoms with Crippen molar-refractivity contribution < 1.29 is 0 Å². The van der Waals surface area contributed by atoms with E-state index in [9.17, 15) is 0 Å².